The number of rotatable bonds is 5. The van der Waals surface area contributed by atoms with Crippen LogP contribution < -0.4 is 5.32 Å². The number of hydrogen-bond donors (Lipinski definition) is 1. The molecule has 5 atom stereocenters. The van der Waals surface area contributed by atoms with E-state index in [9.17, 15) is 19.2 Å². The quantitative estimate of drug-likeness (QED) is 0.606. The first kappa shape index (κ1) is 19.6. The zero-order valence-corrected chi connectivity index (χ0v) is 16.9. The molecule has 7 nitrogen and oxygen atoms in total. The van der Waals surface area contributed by atoms with Crippen molar-refractivity contribution in [2.45, 2.75) is 46.1 Å². The predicted octanol–water partition coefficient (Wildman–Crippen LogP) is 2.20. The molecule has 1 N–H and O–H groups in total. The summed E-state index contributed by atoms with van der Waals surface area (Å²) >= 11 is 0. The summed E-state index contributed by atoms with van der Waals surface area (Å²) < 4.78 is 5.12. The molecule has 0 aromatic heterocycles. The second-order valence-corrected chi connectivity index (χ2v) is 8.53. The number of aryl methyl sites for hydroxylation is 2. The second-order valence-electron chi connectivity index (χ2n) is 8.53. The van der Waals surface area contributed by atoms with Crippen LogP contribution in [-0.2, 0) is 23.9 Å². The van der Waals surface area contributed by atoms with Gasteiger partial charge in [-0.1, -0.05) is 18.2 Å². The molecule has 0 unspecified atom stereocenters. The second kappa shape index (κ2) is 7.28. The van der Waals surface area contributed by atoms with E-state index in [1.165, 1.54) is 6.92 Å². The summed E-state index contributed by atoms with van der Waals surface area (Å²) in [5.74, 6) is -1.73. The lowest BCUT2D eigenvalue weighted by molar-refractivity contribution is -0.159. The van der Waals surface area contributed by atoms with Crippen LogP contribution in [0.1, 0.15) is 37.3 Å². The van der Waals surface area contributed by atoms with Gasteiger partial charge in [-0.15, -0.1) is 0 Å². The molecule has 2 saturated carbocycles. The van der Waals surface area contributed by atoms with E-state index in [1.54, 1.807) is 0 Å². The minimum absolute atomic E-state index is 0.253. The van der Waals surface area contributed by atoms with Crippen LogP contribution in [0.3, 0.4) is 0 Å². The first-order valence-corrected chi connectivity index (χ1v) is 10.2. The highest BCUT2D eigenvalue weighted by molar-refractivity contribution is 6.08. The molecule has 3 aliphatic rings. The molecular formula is C22H26N2O5. The summed E-state index contributed by atoms with van der Waals surface area (Å²) in [4.78, 5) is 51.4. The maximum atomic E-state index is 12.8. The summed E-state index contributed by atoms with van der Waals surface area (Å²) in [7, 11) is 0. The van der Waals surface area contributed by atoms with E-state index in [0.717, 1.165) is 35.3 Å². The maximum absolute atomic E-state index is 12.8. The van der Waals surface area contributed by atoms with Gasteiger partial charge in [0.2, 0.25) is 11.8 Å². The maximum Gasteiger partial charge on any atom is 0.329 e. The molecular weight excluding hydrogens is 372 g/mol. The van der Waals surface area contributed by atoms with Gasteiger partial charge in [-0.05, 0) is 63.0 Å². The lowest BCUT2D eigenvalue weighted by Gasteiger charge is -2.23. The average molecular weight is 398 g/mol. The van der Waals surface area contributed by atoms with Gasteiger partial charge in [0.15, 0.2) is 6.61 Å². The monoisotopic (exact) mass is 398 g/mol. The van der Waals surface area contributed by atoms with Gasteiger partial charge in [0.1, 0.15) is 6.04 Å². The largest absolute Gasteiger partial charge is 0.454 e. The minimum Gasteiger partial charge on any atom is -0.454 e. The Morgan fingerprint density at radius 2 is 1.66 bits per heavy atom. The number of ether oxygens (including phenoxy) is 1. The van der Waals surface area contributed by atoms with E-state index in [1.807, 2.05) is 32.0 Å². The van der Waals surface area contributed by atoms with Crippen LogP contribution in [0.15, 0.2) is 18.2 Å². The highest BCUT2D eigenvalue weighted by Crippen LogP contribution is 2.56. The zero-order chi connectivity index (χ0) is 20.9. The van der Waals surface area contributed by atoms with Crippen LogP contribution in [-0.4, -0.2) is 41.2 Å². The van der Waals surface area contributed by atoms with Crippen molar-refractivity contribution in [3.63, 3.8) is 0 Å². The van der Waals surface area contributed by atoms with Gasteiger partial charge < -0.3 is 10.1 Å². The van der Waals surface area contributed by atoms with Crippen LogP contribution in [0, 0.1) is 37.5 Å². The van der Waals surface area contributed by atoms with E-state index in [-0.39, 0.29) is 35.5 Å². The van der Waals surface area contributed by atoms with E-state index in [2.05, 4.69) is 5.32 Å². The fourth-order valence-electron chi connectivity index (χ4n) is 5.36. The Morgan fingerprint density at radius 3 is 2.21 bits per heavy atom. The predicted molar refractivity (Wildman–Crippen MR) is 105 cm³/mol. The standard InChI is InChI=1S/C22H26N2O5/c1-11-5-4-6-12(2)19(11)23-16(25)10-29-22(28)13(3)24-20(26)17-14-7-8-15(9-14)18(17)21(24)27/h4-6,13-15,17-18H,7-10H2,1-3H3,(H,23,25)/t13-,14-,15-,17-,18+/m0/s1. The van der Waals surface area contributed by atoms with Crippen molar-refractivity contribution in [2.24, 2.45) is 23.7 Å². The third-order valence-electron chi connectivity index (χ3n) is 6.78. The fourth-order valence-corrected chi connectivity index (χ4v) is 5.36. The lowest BCUT2D eigenvalue weighted by Crippen LogP contribution is -2.45. The molecule has 4 rings (SSSR count). The zero-order valence-electron chi connectivity index (χ0n) is 16.9. The van der Waals surface area contributed by atoms with Gasteiger partial charge in [0, 0.05) is 5.69 Å². The van der Waals surface area contributed by atoms with Crippen LogP contribution in [0.2, 0.25) is 0 Å². The van der Waals surface area contributed by atoms with E-state index in [0.29, 0.717) is 5.69 Å². The van der Waals surface area contributed by atoms with Gasteiger partial charge in [-0.3, -0.25) is 19.3 Å². The molecule has 3 amide bonds. The number of nitrogens with zero attached hydrogens (tertiary/aromatic N) is 1. The summed E-state index contributed by atoms with van der Waals surface area (Å²) in [6.07, 6.45) is 2.91. The molecule has 1 heterocycles. The van der Waals surface area contributed by atoms with E-state index < -0.39 is 24.5 Å². The highest BCUT2D eigenvalue weighted by Gasteiger charge is 2.62. The number of amides is 3. The molecule has 29 heavy (non-hydrogen) atoms. The fraction of sp³-hybridized carbons (Fsp3) is 0.545. The number of carbonyl (C=O) groups excluding carboxylic acids is 4. The Morgan fingerprint density at radius 1 is 1.10 bits per heavy atom. The van der Waals surface area contributed by atoms with Crippen LogP contribution in [0.25, 0.3) is 0 Å². The molecule has 2 aliphatic carbocycles. The van der Waals surface area contributed by atoms with Crippen LogP contribution in [0.5, 0.6) is 0 Å². The molecule has 0 radical (unpaired) electrons. The first-order chi connectivity index (χ1) is 13.8. The SMILES string of the molecule is Cc1cccc(C)c1NC(=O)COC(=O)[C@H](C)N1C(=O)[C@@H]2[C@H]3CC[C@@H](C3)[C@@H]2C1=O. The number of para-hydroxylation sites is 1. The lowest BCUT2D eigenvalue weighted by atomic mass is 9.81. The number of anilines is 1. The van der Waals surface area contributed by atoms with Crippen molar-refractivity contribution in [1.82, 2.24) is 4.90 Å². The average Bonchev–Trinajstić information content (AvgIpc) is 3.36. The van der Waals surface area contributed by atoms with Gasteiger partial charge >= 0.3 is 5.97 Å². The summed E-state index contributed by atoms with van der Waals surface area (Å²) in [6.45, 7) is 4.78. The van der Waals surface area contributed by atoms with E-state index in [4.69, 9.17) is 4.74 Å². The van der Waals surface area contributed by atoms with Crippen molar-refractivity contribution in [3.05, 3.63) is 29.3 Å². The molecule has 2 bridgehead atoms. The van der Waals surface area contributed by atoms with Crippen LogP contribution in [0.4, 0.5) is 5.69 Å². The molecule has 1 aromatic carbocycles. The molecule has 1 aliphatic heterocycles. The van der Waals surface area contributed by atoms with Crippen molar-refractivity contribution in [3.8, 4) is 0 Å². The van der Waals surface area contributed by atoms with Gasteiger partial charge in [0.25, 0.3) is 5.91 Å². The van der Waals surface area contributed by atoms with Crippen molar-refractivity contribution in [2.75, 3.05) is 11.9 Å². The minimum atomic E-state index is -1.02. The Labute approximate surface area is 169 Å². The number of imide groups is 1. The molecule has 7 heteroatoms. The number of hydrogen-bond acceptors (Lipinski definition) is 5. The highest BCUT2D eigenvalue weighted by atomic mass is 16.5. The van der Waals surface area contributed by atoms with E-state index >= 15 is 0 Å². The number of likely N-dealkylation sites (tertiary alicyclic amines) is 1. The van der Waals surface area contributed by atoms with Crippen molar-refractivity contribution in [1.29, 1.82) is 0 Å². The number of carbonyl (C=O) groups is 4. The number of fused-ring (bicyclic) bond motifs is 5. The first-order valence-electron chi connectivity index (χ1n) is 10.2. The Hall–Kier alpha value is -2.70. The summed E-state index contributed by atoms with van der Waals surface area (Å²) in [5, 5.41) is 2.75. The topological polar surface area (TPSA) is 92.8 Å². The number of benzene rings is 1. The van der Waals surface area contributed by atoms with Crippen molar-refractivity contribution < 1.29 is 23.9 Å². The van der Waals surface area contributed by atoms with Crippen molar-refractivity contribution >= 4 is 29.4 Å². The third kappa shape index (κ3) is 3.22. The Bertz CT molecular complexity index is 847. The third-order valence-corrected chi connectivity index (χ3v) is 6.78. The molecule has 0 spiro atoms. The number of esters is 1. The Balaban J connectivity index is 1.36. The molecule has 1 aromatic rings. The smallest absolute Gasteiger partial charge is 0.329 e. The van der Waals surface area contributed by atoms with Gasteiger partial charge in [-0.2, -0.15) is 0 Å². The summed E-state index contributed by atoms with van der Waals surface area (Å²) in [5.41, 5.74) is 2.51. The molecule has 3 fully saturated rings. The normalized spacial score (nSPS) is 28.4. The van der Waals surface area contributed by atoms with Crippen LogP contribution >= 0.6 is 0 Å². The molecule has 1 saturated heterocycles. The molecule has 154 valence electrons. The summed E-state index contributed by atoms with van der Waals surface area (Å²) in [6, 6.07) is 4.64. The van der Waals surface area contributed by atoms with Gasteiger partial charge in [0.05, 0.1) is 11.8 Å². The number of nitrogens with one attached hydrogen (secondary N) is 1. The Kier molecular flexibility index (Phi) is 4.92. The van der Waals surface area contributed by atoms with Gasteiger partial charge in [-0.25, -0.2) is 4.79 Å².